The molecular formula is C21H29N3O3. The summed E-state index contributed by atoms with van der Waals surface area (Å²) in [6.07, 6.45) is 8.67. The molecule has 1 fully saturated rings. The number of piperidine rings is 1. The summed E-state index contributed by atoms with van der Waals surface area (Å²) in [5.74, 6) is 2.31. The molecule has 1 aromatic heterocycles. The lowest BCUT2D eigenvalue weighted by Gasteiger charge is -2.32. The molecule has 2 aliphatic heterocycles. The van der Waals surface area contributed by atoms with E-state index < -0.39 is 0 Å². The lowest BCUT2D eigenvalue weighted by atomic mass is 10.1. The van der Waals surface area contributed by atoms with Gasteiger partial charge in [-0.1, -0.05) is 6.42 Å². The Balaban J connectivity index is 1.62. The Labute approximate surface area is 161 Å². The molecule has 4 rings (SSSR count). The molecule has 2 aromatic rings. The van der Waals surface area contributed by atoms with E-state index in [0.717, 1.165) is 41.5 Å². The number of methoxy groups -OCH3 is 1. The van der Waals surface area contributed by atoms with Crippen molar-refractivity contribution < 1.29 is 14.2 Å². The number of benzene rings is 1. The summed E-state index contributed by atoms with van der Waals surface area (Å²) in [4.78, 5) is 7.00. The number of aromatic nitrogens is 2. The van der Waals surface area contributed by atoms with Gasteiger partial charge in [-0.25, -0.2) is 4.98 Å². The Hall–Kier alpha value is -2.21. The van der Waals surface area contributed by atoms with Gasteiger partial charge in [0, 0.05) is 30.6 Å². The van der Waals surface area contributed by atoms with Crippen LogP contribution in [-0.4, -0.2) is 53.9 Å². The molecule has 1 atom stereocenters. The maximum atomic E-state index is 5.88. The molecule has 3 heterocycles. The highest BCUT2D eigenvalue weighted by Crippen LogP contribution is 2.41. The average molecular weight is 371 g/mol. The highest BCUT2D eigenvalue weighted by Gasteiger charge is 2.21. The minimum atomic E-state index is 0.477. The fourth-order valence-electron chi connectivity index (χ4n) is 4.01. The standard InChI is InChI=1S/C21H29N3O3/c1-16(23-7-4-3-5-8-23)14-24-15-22-13-18(24)17-11-20-21(12-19(17)25-2)27-10-6-9-26-20/h11-13,15-16H,3-10,14H2,1-2H3. The van der Waals surface area contributed by atoms with E-state index in [2.05, 4.69) is 21.4 Å². The summed E-state index contributed by atoms with van der Waals surface area (Å²) < 4.78 is 19.6. The van der Waals surface area contributed by atoms with Gasteiger partial charge >= 0.3 is 0 Å². The molecule has 0 aliphatic carbocycles. The van der Waals surface area contributed by atoms with E-state index in [9.17, 15) is 0 Å². The Morgan fingerprint density at radius 1 is 1.07 bits per heavy atom. The number of rotatable bonds is 5. The van der Waals surface area contributed by atoms with Crippen molar-refractivity contribution in [2.24, 2.45) is 0 Å². The van der Waals surface area contributed by atoms with Crippen LogP contribution in [0.1, 0.15) is 32.6 Å². The SMILES string of the molecule is COc1cc2c(cc1-c1cncn1CC(C)N1CCCCC1)OCCCO2. The van der Waals surface area contributed by atoms with Crippen LogP contribution >= 0.6 is 0 Å². The minimum absolute atomic E-state index is 0.477. The van der Waals surface area contributed by atoms with Crippen LogP contribution in [0.15, 0.2) is 24.7 Å². The average Bonchev–Trinajstić information content (AvgIpc) is 3.03. The molecule has 0 N–H and O–H groups in total. The smallest absolute Gasteiger partial charge is 0.164 e. The summed E-state index contributed by atoms with van der Waals surface area (Å²) in [5, 5.41) is 0. The lowest BCUT2D eigenvalue weighted by molar-refractivity contribution is 0.160. The summed E-state index contributed by atoms with van der Waals surface area (Å²) in [7, 11) is 1.69. The first kappa shape index (κ1) is 18.2. The zero-order chi connectivity index (χ0) is 18.6. The molecule has 0 spiro atoms. The second-order valence-corrected chi connectivity index (χ2v) is 7.43. The molecule has 6 nitrogen and oxygen atoms in total. The van der Waals surface area contributed by atoms with E-state index in [0.29, 0.717) is 19.3 Å². The fourth-order valence-corrected chi connectivity index (χ4v) is 4.01. The van der Waals surface area contributed by atoms with Crippen molar-refractivity contribution in [3.63, 3.8) is 0 Å². The quantitative estimate of drug-likeness (QED) is 0.804. The van der Waals surface area contributed by atoms with Gasteiger partial charge in [0.1, 0.15) is 5.75 Å². The summed E-state index contributed by atoms with van der Waals surface area (Å²) in [6.45, 7) is 6.94. The van der Waals surface area contributed by atoms with Crippen LogP contribution in [0.4, 0.5) is 0 Å². The molecule has 0 radical (unpaired) electrons. The number of fused-ring (bicyclic) bond motifs is 1. The van der Waals surface area contributed by atoms with E-state index in [1.54, 1.807) is 7.11 Å². The number of hydrogen-bond donors (Lipinski definition) is 0. The van der Waals surface area contributed by atoms with Gasteiger partial charge in [0.15, 0.2) is 11.5 Å². The largest absolute Gasteiger partial charge is 0.496 e. The number of ether oxygens (including phenoxy) is 3. The van der Waals surface area contributed by atoms with Crippen LogP contribution in [0.2, 0.25) is 0 Å². The highest BCUT2D eigenvalue weighted by molar-refractivity contribution is 5.72. The van der Waals surface area contributed by atoms with Gasteiger partial charge in [-0.3, -0.25) is 4.90 Å². The lowest BCUT2D eigenvalue weighted by Crippen LogP contribution is -2.39. The monoisotopic (exact) mass is 371 g/mol. The molecule has 1 unspecified atom stereocenters. The van der Waals surface area contributed by atoms with E-state index >= 15 is 0 Å². The van der Waals surface area contributed by atoms with Crippen molar-refractivity contribution in [3.8, 4) is 28.5 Å². The summed E-state index contributed by atoms with van der Waals surface area (Å²) in [5.41, 5.74) is 2.04. The van der Waals surface area contributed by atoms with Gasteiger partial charge in [-0.05, 0) is 38.9 Å². The molecule has 1 aromatic carbocycles. The molecular weight excluding hydrogens is 342 g/mol. The van der Waals surface area contributed by atoms with Crippen LogP contribution in [0.5, 0.6) is 17.2 Å². The van der Waals surface area contributed by atoms with Crippen LogP contribution in [-0.2, 0) is 6.54 Å². The first-order valence-corrected chi connectivity index (χ1v) is 9.98. The summed E-state index contributed by atoms with van der Waals surface area (Å²) >= 11 is 0. The first-order chi connectivity index (χ1) is 13.3. The van der Waals surface area contributed by atoms with Crippen LogP contribution < -0.4 is 14.2 Å². The topological polar surface area (TPSA) is 48.8 Å². The number of hydrogen-bond acceptors (Lipinski definition) is 5. The predicted molar refractivity (Wildman–Crippen MR) is 105 cm³/mol. The number of likely N-dealkylation sites (tertiary alicyclic amines) is 1. The third-order valence-electron chi connectivity index (χ3n) is 5.53. The zero-order valence-electron chi connectivity index (χ0n) is 16.3. The van der Waals surface area contributed by atoms with Crippen molar-refractivity contribution in [1.82, 2.24) is 14.5 Å². The van der Waals surface area contributed by atoms with Crippen molar-refractivity contribution in [1.29, 1.82) is 0 Å². The van der Waals surface area contributed by atoms with Gasteiger partial charge < -0.3 is 18.8 Å². The highest BCUT2D eigenvalue weighted by atomic mass is 16.5. The van der Waals surface area contributed by atoms with Crippen LogP contribution in [0.3, 0.4) is 0 Å². The van der Waals surface area contributed by atoms with Gasteiger partial charge in [0.2, 0.25) is 0 Å². The van der Waals surface area contributed by atoms with Gasteiger partial charge in [0.05, 0.1) is 38.5 Å². The molecule has 1 saturated heterocycles. The number of imidazole rings is 1. The molecule has 27 heavy (non-hydrogen) atoms. The van der Waals surface area contributed by atoms with E-state index in [4.69, 9.17) is 14.2 Å². The Bertz CT molecular complexity index is 768. The van der Waals surface area contributed by atoms with Gasteiger partial charge in [-0.2, -0.15) is 0 Å². The van der Waals surface area contributed by atoms with Gasteiger partial charge in [0.25, 0.3) is 0 Å². The fraction of sp³-hybridized carbons (Fsp3) is 0.571. The normalized spacial score (nSPS) is 18.7. The first-order valence-electron chi connectivity index (χ1n) is 9.98. The zero-order valence-corrected chi connectivity index (χ0v) is 16.3. The maximum Gasteiger partial charge on any atom is 0.164 e. The molecule has 0 amide bonds. The minimum Gasteiger partial charge on any atom is -0.496 e. The second-order valence-electron chi connectivity index (χ2n) is 7.43. The third-order valence-corrected chi connectivity index (χ3v) is 5.53. The van der Waals surface area contributed by atoms with E-state index in [1.807, 2.05) is 24.7 Å². The molecule has 146 valence electrons. The Kier molecular flexibility index (Phi) is 5.53. The van der Waals surface area contributed by atoms with Crippen molar-refractivity contribution in [3.05, 3.63) is 24.7 Å². The Morgan fingerprint density at radius 2 is 1.81 bits per heavy atom. The van der Waals surface area contributed by atoms with Crippen molar-refractivity contribution in [2.75, 3.05) is 33.4 Å². The second kappa shape index (κ2) is 8.21. The van der Waals surface area contributed by atoms with E-state index in [1.165, 1.54) is 32.4 Å². The number of nitrogens with zero attached hydrogens (tertiary/aromatic N) is 3. The van der Waals surface area contributed by atoms with Crippen LogP contribution in [0.25, 0.3) is 11.3 Å². The third kappa shape index (κ3) is 3.90. The summed E-state index contributed by atoms with van der Waals surface area (Å²) in [6, 6.07) is 4.43. The van der Waals surface area contributed by atoms with Gasteiger partial charge in [-0.15, -0.1) is 0 Å². The van der Waals surface area contributed by atoms with Crippen molar-refractivity contribution >= 4 is 0 Å². The van der Waals surface area contributed by atoms with E-state index in [-0.39, 0.29) is 0 Å². The van der Waals surface area contributed by atoms with Crippen LogP contribution in [0, 0.1) is 0 Å². The predicted octanol–water partition coefficient (Wildman–Crippen LogP) is 3.59. The molecule has 2 aliphatic rings. The maximum absolute atomic E-state index is 5.88. The molecule has 0 bridgehead atoms. The molecule has 0 saturated carbocycles. The molecule has 6 heteroatoms. The van der Waals surface area contributed by atoms with Crippen molar-refractivity contribution in [2.45, 2.75) is 45.2 Å². The Morgan fingerprint density at radius 3 is 2.56 bits per heavy atom.